The van der Waals surface area contributed by atoms with Crippen LogP contribution in [0.5, 0.6) is 0 Å². The summed E-state index contributed by atoms with van der Waals surface area (Å²) in [6.45, 7) is 1.94. The molecule has 104 valence electrons. The van der Waals surface area contributed by atoms with E-state index in [1.54, 1.807) is 30.3 Å². The molecule has 0 aliphatic heterocycles. The topological polar surface area (TPSA) is 64.0 Å². The Morgan fingerprint density at radius 3 is 2.57 bits per heavy atom. The second-order valence-electron chi connectivity index (χ2n) is 4.74. The molecule has 0 atom stereocenters. The minimum absolute atomic E-state index is 0.305. The van der Waals surface area contributed by atoms with Crippen LogP contribution >= 0.6 is 0 Å². The van der Waals surface area contributed by atoms with E-state index in [4.69, 9.17) is 0 Å². The van der Waals surface area contributed by atoms with Gasteiger partial charge >= 0.3 is 0 Å². The van der Waals surface area contributed by atoms with Crippen molar-refractivity contribution in [3.8, 4) is 0 Å². The second kappa shape index (κ2) is 5.20. The Morgan fingerprint density at radius 1 is 1.10 bits per heavy atom. The molecule has 0 aliphatic carbocycles. The third-order valence-electron chi connectivity index (χ3n) is 3.20. The largest absolute Gasteiger partial charge is 0.280 e. The van der Waals surface area contributed by atoms with Gasteiger partial charge in [0.15, 0.2) is 0 Å². The summed E-state index contributed by atoms with van der Waals surface area (Å²) in [7, 11) is 0. The summed E-state index contributed by atoms with van der Waals surface area (Å²) in [5.74, 6) is -0.353. The third-order valence-corrected chi connectivity index (χ3v) is 3.20. The van der Waals surface area contributed by atoms with Crippen LogP contribution in [-0.4, -0.2) is 15.6 Å². The van der Waals surface area contributed by atoms with Gasteiger partial charge in [-0.05, 0) is 31.2 Å². The molecule has 5 heteroatoms. The Labute approximate surface area is 120 Å². The fourth-order valence-corrected chi connectivity index (χ4v) is 2.03. The lowest BCUT2D eigenvalue weighted by atomic mass is 10.1. The normalized spacial score (nSPS) is 10.5. The third kappa shape index (κ3) is 2.53. The number of hydrogen-bond acceptors (Lipinski definition) is 3. The first-order chi connectivity index (χ1) is 10.1. The molecule has 0 fully saturated rings. The number of benzene rings is 2. The van der Waals surface area contributed by atoms with E-state index in [0.717, 1.165) is 10.2 Å². The standard InChI is InChI=1S/C16H13N3O2/c1-11-6-8-12(9-7-11)15(20)18-19-10-17-14-5-3-2-4-13(14)16(19)21/h2-10H,1H3,(H,18,20). The molecular weight excluding hydrogens is 266 g/mol. The first kappa shape index (κ1) is 13.1. The van der Waals surface area contributed by atoms with Crippen molar-refractivity contribution in [1.29, 1.82) is 0 Å². The average Bonchev–Trinajstić information content (AvgIpc) is 2.51. The van der Waals surface area contributed by atoms with Crippen LogP contribution in [-0.2, 0) is 0 Å². The Kier molecular flexibility index (Phi) is 3.23. The molecule has 1 aromatic heterocycles. The molecule has 0 saturated carbocycles. The molecule has 2 aromatic carbocycles. The fraction of sp³-hybridized carbons (Fsp3) is 0.0625. The van der Waals surface area contributed by atoms with Gasteiger partial charge < -0.3 is 0 Å². The molecular formula is C16H13N3O2. The van der Waals surface area contributed by atoms with Gasteiger partial charge in [0.1, 0.15) is 6.33 Å². The smallest absolute Gasteiger partial charge is 0.267 e. The number of rotatable bonds is 2. The molecule has 3 rings (SSSR count). The van der Waals surface area contributed by atoms with Gasteiger partial charge in [0.25, 0.3) is 11.5 Å². The number of amides is 1. The molecule has 0 spiro atoms. The number of fused-ring (bicyclic) bond motifs is 1. The zero-order valence-electron chi connectivity index (χ0n) is 11.4. The van der Waals surface area contributed by atoms with E-state index in [9.17, 15) is 9.59 Å². The van der Waals surface area contributed by atoms with Crippen molar-refractivity contribution in [1.82, 2.24) is 9.66 Å². The summed E-state index contributed by atoms with van der Waals surface area (Å²) in [5, 5.41) is 0.462. The van der Waals surface area contributed by atoms with Crippen LogP contribution in [0.3, 0.4) is 0 Å². The highest BCUT2D eigenvalue weighted by Gasteiger charge is 2.08. The minimum atomic E-state index is -0.353. The van der Waals surface area contributed by atoms with Gasteiger partial charge in [-0.1, -0.05) is 29.8 Å². The van der Waals surface area contributed by atoms with E-state index in [2.05, 4.69) is 10.4 Å². The number of nitrogens with one attached hydrogen (secondary N) is 1. The number of carbonyl (C=O) groups excluding carboxylic acids is 1. The lowest BCUT2D eigenvalue weighted by Gasteiger charge is -2.08. The Bertz CT molecular complexity index is 867. The summed E-state index contributed by atoms with van der Waals surface area (Å²) in [4.78, 5) is 28.5. The van der Waals surface area contributed by atoms with Gasteiger partial charge in [-0.2, -0.15) is 0 Å². The number of para-hydroxylation sites is 1. The summed E-state index contributed by atoms with van der Waals surface area (Å²) < 4.78 is 1.10. The van der Waals surface area contributed by atoms with Gasteiger partial charge in [0.05, 0.1) is 10.9 Å². The van der Waals surface area contributed by atoms with Crippen molar-refractivity contribution in [2.24, 2.45) is 0 Å². The Hall–Kier alpha value is -2.95. The molecule has 1 heterocycles. The lowest BCUT2D eigenvalue weighted by molar-refractivity contribution is 0.101. The van der Waals surface area contributed by atoms with Crippen molar-refractivity contribution < 1.29 is 4.79 Å². The van der Waals surface area contributed by atoms with Gasteiger partial charge in [0.2, 0.25) is 0 Å². The van der Waals surface area contributed by atoms with E-state index in [1.807, 2.05) is 25.1 Å². The second-order valence-corrected chi connectivity index (χ2v) is 4.74. The highest BCUT2D eigenvalue weighted by Crippen LogP contribution is 2.05. The Morgan fingerprint density at radius 2 is 1.81 bits per heavy atom. The maximum Gasteiger partial charge on any atom is 0.280 e. The number of aromatic nitrogens is 2. The predicted molar refractivity (Wildman–Crippen MR) is 80.9 cm³/mol. The first-order valence-electron chi connectivity index (χ1n) is 6.49. The Balaban J connectivity index is 1.95. The van der Waals surface area contributed by atoms with E-state index in [-0.39, 0.29) is 11.5 Å². The number of hydrogen-bond donors (Lipinski definition) is 1. The number of nitrogens with zero attached hydrogens (tertiary/aromatic N) is 2. The maximum absolute atomic E-state index is 12.3. The highest BCUT2D eigenvalue weighted by atomic mass is 16.2. The van der Waals surface area contributed by atoms with E-state index >= 15 is 0 Å². The number of aryl methyl sites for hydroxylation is 1. The average molecular weight is 279 g/mol. The van der Waals surface area contributed by atoms with Crippen LogP contribution in [0.15, 0.2) is 59.7 Å². The van der Waals surface area contributed by atoms with Crippen molar-refractivity contribution >= 4 is 16.8 Å². The molecule has 0 bridgehead atoms. The molecule has 1 N–H and O–H groups in total. The van der Waals surface area contributed by atoms with Gasteiger partial charge in [-0.15, -0.1) is 0 Å². The van der Waals surface area contributed by atoms with Gasteiger partial charge in [0, 0.05) is 5.56 Å². The van der Waals surface area contributed by atoms with Crippen LogP contribution in [0.25, 0.3) is 10.9 Å². The molecule has 0 unspecified atom stereocenters. The first-order valence-corrected chi connectivity index (χ1v) is 6.49. The lowest BCUT2D eigenvalue weighted by Crippen LogP contribution is -2.33. The van der Waals surface area contributed by atoms with Crippen LogP contribution < -0.4 is 11.0 Å². The van der Waals surface area contributed by atoms with Gasteiger partial charge in [-0.3, -0.25) is 15.0 Å². The molecule has 1 amide bonds. The molecule has 0 aliphatic rings. The highest BCUT2D eigenvalue weighted by molar-refractivity contribution is 6.00. The van der Waals surface area contributed by atoms with E-state index in [1.165, 1.54) is 6.33 Å². The zero-order chi connectivity index (χ0) is 14.8. The van der Waals surface area contributed by atoms with Gasteiger partial charge in [-0.25, -0.2) is 9.66 Å². The summed E-state index contributed by atoms with van der Waals surface area (Å²) in [6.07, 6.45) is 1.32. The van der Waals surface area contributed by atoms with Crippen LogP contribution in [0.1, 0.15) is 15.9 Å². The van der Waals surface area contributed by atoms with Crippen LogP contribution in [0.2, 0.25) is 0 Å². The molecule has 21 heavy (non-hydrogen) atoms. The molecule has 0 saturated heterocycles. The van der Waals surface area contributed by atoms with Crippen LogP contribution in [0.4, 0.5) is 0 Å². The van der Waals surface area contributed by atoms with E-state index < -0.39 is 0 Å². The number of carbonyl (C=O) groups is 1. The SMILES string of the molecule is Cc1ccc(C(=O)Nn2cnc3ccccc3c2=O)cc1. The van der Waals surface area contributed by atoms with Crippen molar-refractivity contribution in [2.45, 2.75) is 6.92 Å². The monoisotopic (exact) mass is 279 g/mol. The summed E-state index contributed by atoms with van der Waals surface area (Å²) in [5.41, 5.74) is 4.39. The van der Waals surface area contributed by atoms with Crippen LogP contribution in [0, 0.1) is 6.92 Å². The predicted octanol–water partition coefficient (Wildman–Crippen LogP) is 2.09. The molecule has 3 aromatic rings. The molecule has 5 nitrogen and oxygen atoms in total. The van der Waals surface area contributed by atoms with Crippen molar-refractivity contribution in [3.05, 3.63) is 76.3 Å². The maximum atomic E-state index is 12.3. The minimum Gasteiger partial charge on any atom is -0.267 e. The quantitative estimate of drug-likeness (QED) is 0.781. The van der Waals surface area contributed by atoms with E-state index in [0.29, 0.717) is 16.5 Å². The fourth-order valence-electron chi connectivity index (χ4n) is 2.03. The van der Waals surface area contributed by atoms with Crippen molar-refractivity contribution in [2.75, 3.05) is 5.43 Å². The summed E-state index contributed by atoms with van der Waals surface area (Å²) in [6, 6.07) is 14.1. The zero-order valence-corrected chi connectivity index (χ0v) is 11.4. The molecule has 0 radical (unpaired) electrons. The van der Waals surface area contributed by atoms with Crippen molar-refractivity contribution in [3.63, 3.8) is 0 Å². The summed E-state index contributed by atoms with van der Waals surface area (Å²) >= 11 is 0.